The molecule has 0 radical (unpaired) electrons. The lowest BCUT2D eigenvalue weighted by molar-refractivity contribution is -0.137. The lowest BCUT2D eigenvalue weighted by Crippen LogP contribution is -2.43. The van der Waals surface area contributed by atoms with Gasteiger partial charge in [0, 0.05) is 12.3 Å². The van der Waals surface area contributed by atoms with Gasteiger partial charge in [-0.2, -0.15) is 0 Å². The highest BCUT2D eigenvalue weighted by atomic mass is 16.2. The van der Waals surface area contributed by atoms with Crippen LogP contribution in [0.2, 0.25) is 0 Å². The van der Waals surface area contributed by atoms with Crippen molar-refractivity contribution in [2.45, 2.75) is 52.9 Å². The van der Waals surface area contributed by atoms with Gasteiger partial charge in [0.15, 0.2) is 5.78 Å². The number of benzene rings is 2. The molecule has 0 heterocycles. The highest BCUT2D eigenvalue weighted by molar-refractivity contribution is 6.13. The second-order valence-electron chi connectivity index (χ2n) is 8.12. The Hall–Kier alpha value is -2.22. The molecular formula is C23H26O2. The first kappa shape index (κ1) is 17.6. The molecule has 2 heteroatoms. The van der Waals surface area contributed by atoms with E-state index in [1.807, 2.05) is 65.0 Å². The van der Waals surface area contributed by atoms with Gasteiger partial charge in [-0.05, 0) is 48.4 Å². The number of Topliss-reactive ketones (excluding diaryl/α,β-unsaturated/α-hetero) is 2. The fourth-order valence-electron chi connectivity index (χ4n) is 4.57. The summed E-state index contributed by atoms with van der Waals surface area (Å²) < 4.78 is 0. The predicted molar refractivity (Wildman–Crippen MR) is 101 cm³/mol. The number of ketones is 2. The first-order valence-electron chi connectivity index (χ1n) is 8.91. The minimum Gasteiger partial charge on any atom is -0.298 e. The summed E-state index contributed by atoms with van der Waals surface area (Å²) in [5.41, 5.74) is 4.80. The molecule has 1 aliphatic rings. The van der Waals surface area contributed by atoms with Crippen LogP contribution in [0, 0.1) is 26.2 Å². The fraction of sp³-hybridized carbons (Fsp3) is 0.391. The minimum absolute atomic E-state index is 0.0440. The molecule has 3 rings (SSSR count). The van der Waals surface area contributed by atoms with Crippen molar-refractivity contribution in [3.8, 4) is 0 Å². The lowest BCUT2D eigenvalue weighted by atomic mass is 9.60. The average molecular weight is 334 g/mol. The van der Waals surface area contributed by atoms with Gasteiger partial charge in [0.1, 0.15) is 11.7 Å². The van der Waals surface area contributed by atoms with Gasteiger partial charge < -0.3 is 0 Å². The predicted octanol–water partition coefficient (Wildman–Crippen LogP) is 5.05. The SMILES string of the molecule is Cc1cc(C)c(C2C(=O)CC(C)(C)C(c3ccccc3)C2=O)c(C)c1. The van der Waals surface area contributed by atoms with Crippen molar-refractivity contribution in [1.29, 1.82) is 0 Å². The number of hydrogen-bond donors (Lipinski definition) is 0. The highest BCUT2D eigenvalue weighted by Gasteiger charge is 2.49. The van der Waals surface area contributed by atoms with E-state index < -0.39 is 5.92 Å². The van der Waals surface area contributed by atoms with Crippen LogP contribution in [-0.4, -0.2) is 11.6 Å². The molecule has 2 aromatic rings. The van der Waals surface area contributed by atoms with Gasteiger partial charge in [0.25, 0.3) is 0 Å². The monoisotopic (exact) mass is 334 g/mol. The van der Waals surface area contributed by atoms with Gasteiger partial charge in [-0.3, -0.25) is 9.59 Å². The maximum atomic E-state index is 13.5. The zero-order valence-electron chi connectivity index (χ0n) is 15.7. The highest BCUT2D eigenvalue weighted by Crippen LogP contribution is 2.48. The van der Waals surface area contributed by atoms with Crippen molar-refractivity contribution >= 4 is 11.6 Å². The van der Waals surface area contributed by atoms with E-state index in [-0.39, 0.29) is 22.9 Å². The number of rotatable bonds is 2. The molecule has 2 atom stereocenters. The molecule has 0 bridgehead atoms. The molecule has 25 heavy (non-hydrogen) atoms. The molecule has 0 aliphatic heterocycles. The van der Waals surface area contributed by atoms with Crippen LogP contribution in [0.1, 0.15) is 59.9 Å². The summed E-state index contributed by atoms with van der Waals surface area (Å²) >= 11 is 0. The van der Waals surface area contributed by atoms with Crippen molar-refractivity contribution in [1.82, 2.24) is 0 Å². The summed E-state index contributed by atoms with van der Waals surface area (Å²) in [6, 6.07) is 14.0. The summed E-state index contributed by atoms with van der Waals surface area (Å²) in [4.78, 5) is 26.5. The van der Waals surface area contributed by atoms with Crippen LogP contribution in [0.3, 0.4) is 0 Å². The minimum atomic E-state index is -0.640. The molecular weight excluding hydrogens is 308 g/mol. The van der Waals surface area contributed by atoms with E-state index in [2.05, 4.69) is 12.1 Å². The zero-order chi connectivity index (χ0) is 18.4. The molecule has 0 amide bonds. The summed E-state index contributed by atoms with van der Waals surface area (Å²) in [5.74, 6) is -0.796. The number of carbonyl (C=O) groups is 2. The Morgan fingerprint density at radius 1 is 0.920 bits per heavy atom. The standard InChI is InChI=1S/C23H26O2/c1-14-11-15(2)19(16(3)12-14)20-18(24)13-23(4,5)21(22(20)25)17-9-7-6-8-10-17/h6-12,20-21H,13H2,1-5H3. The van der Waals surface area contributed by atoms with Crippen LogP contribution < -0.4 is 0 Å². The second kappa shape index (κ2) is 6.25. The third-order valence-electron chi connectivity index (χ3n) is 5.46. The van der Waals surface area contributed by atoms with E-state index in [4.69, 9.17) is 0 Å². The molecule has 0 N–H and O–H groups in total. The molecule has 1 saturated carbocycles. The fourth-order valence-corrected chi connectivity index (χ4v) is 4.57. The number of carbonyl (C=O) groups excluding carboxylic acids is 2. The van der Waals surface area contributed by atoms with E-state index in [0.717, 1.165) is 27.8 Å². The Balaban J connectivity index is 2.13. The molecule has 0 aromatic heterocycles. The molecule has 130 valence electrons. The first-order chi connectivity index (χ1) is 11.7. The molecule has 2 aromatic carbocycles. The normalized spacial score (nSPS) is 22.9. The van der Waals surface area contributed by atoms with Crippen molar-refractivity contribution < 1.29 is 9.59 Å². The first-order valence-corrected chi connectivity index (χ1v) is 8.91. The van der Waals surface area contributed by atoms with E-state index in [1.165, 1.54) is 0 Å². The van der Waals surface area contributed by atoms with Crippen LogP contribution in [0.25, 0.3) is 0 Å². The maximum Gasteiger partial charge on any atom is 0.155 e. The topological polar surface area (TPSA) is 34.1 Å². The van der Waals surface area contributed by atoms with Gasteiger partial charge in [-0.25, -0.2) is 0 Å². The van der Waals surface area contributed by atoms with Crippen LogP contribution >= 0.6 is 0 Å². The summed E-state index contributed by atoms with van der Waals surface area (Å²) in [6.45, 7) is 10.1. The van der Waals surface area contributed by atoms with Crippen molar-refractivity contribution in [3.63, 3.8) is 0 Å². The molecule has 2 unspecified atom stereocenters. The van der Waals surface area contributed by atoms with Crippen LogP contribution in [0.5, 0.6) is 0 Å². The Morgan fingerprint density at radius 3 is 2.04 bits per heavy atom. The van der Waals surface area contributed by atoms with Crippen molar-refractivity contribution in [2.24, 2.45) is 5.41 Å². The Bertz CT molecular complexity index is 807. The lowest BCUT2D eigenvalue weighted by Gasteiger charge is -2.41. The summed E-state index contributed by atoms with van der Waals surface area (Å²) in [6.07, 6.45) is 0.426. The van der Waals surface area contributed by atoms with E-state index in [9.17, 15) is 9.59 Å². The average Bonchev–Trinajstić information content (AvgIpc) is 2.49. The van der Waals surface area contributed by atoms with Crippen LogP contribution in [0.4, 0.5) is 0 Å². The Morgan fingerprint density at radius 2 is 1.48 bits per heavy atom. The zero-order valence-corrected chi connectivity index (χ0v) is 15.7. The second-order valence-corrected chi connectivity index (χ2v) is 8.12. The van der Waals surface area contributed by atoms with Gasteiger partial charge in [0.2, 0.25) is 0 Å². The van der Waals surface area contributed by atoms with Crippen LogP contribution in [-0.2, 0) is 9.59 Å². The maximum absolute atomic E-state index is 13.5. The van der Waals surface area contributed by atoms with Crippen molar-refractivity contribution in [3.05, 3.63) is 70.3 Å². The number of aryl methyl sites for hydroxylation is 3. The molecule has 0 saturated heterocycles. The van der Waals surface area contributed by atoms with E-state index in [0.29, 0.717) is 6.42 Å². The van der Waals surface area contributed by atoms with Gasteiger partial charge in [-0.1, -0.05) is 61.9 Å². The Labute approximate surface area is 150 Å². The smallest absolute Gasteiger partial charge is 0.155 e. The van der Waals surface area contributed by atoms with Gasteiger partial charge in [-0.15, -0.1) is 0 Å². The Kier molecular flexibility index (Phi) is 4.40. The molecule has 1 aliphatic carbocycles. The third kappa shape index (κ3) is 3.06. The summed E-state index contributed by atoms with van der Waals surface area (Å²) in [5, 5.41) is 0. The van der Waals surface area contributed by atoms with E-state index >= 15 is 0 Å². The van der Waals surface area contributed by atoms with Crippen molar-refractivity contribution in [2.75, 3.05) is 0 Å². The molecule has 2 nitrogen and oxygen atoms in total. The summed E-state index contributed by atoms with van der Waals surface area (Å²) in [7, 11) is 0. The quantitative estimate of drug-likeness (QED) is 0.720. The van der Waals surface area contributed by atoms with E-state index in [1.54, 1.807) is 0 Å². The molecule has 1 fully saturated rings. The molecule has 0 spiro atoms. The number of hydrogen-bond acceptors (Lipinski definition) is 2. The van der Waals surface area contributed by atoms with Gasteiger partial charge >= 0.3 is 0 Å². The van der Waals surface area contributed by atoms with Gasteiger partial charge in [0.05, 0.1) is 0 Å². The largest absolute Gasteiger partial charge is 0.298 e. The third-order valence-corrected chi connectivity index (χ3v) is 5.46. The van der Waals surface area contributed by atoms with Crippen LogP contribution in [0.15, 0.2) is 42.5 Å².